The normalized spacial score (nSPS) is 15.6. The number of rotatable bonds is 7. The van der Waals surface area contributed by atoms with Gasteiger partial charge in [-0.15, -0.1) is 0 Å². The molecule has 1 atom stereocenters. The van der Waals surface area contributed by atoms with Crippen LogP contribution in [0.2, 0.25) is 0 Å². The monoisotopic (exact) mass is 448 g/mol. The number of carbonyl (C=O) groups is 3. The summed E-state index contributed by atoms with van der Waals surface area (Å²) in [5, 5.41) is 2.73. The number of hydrogen-bond donors (Lipinski definition) is 1. The predicted octanol–water partition coefficient (Wildman–Crippen LogP) is 3.60. The molecule has 1 saturated heterocycles. The molecule has 0 aliphatic carbocycles. The van der Waals surface area contributed by atoms with E-state index in [2.05, 4.69) is 10.3 Å². The van der Waals surface area contributed by atoms with Crippen LogP contribution >= 0.6 is 0 Å². The van der Waals surface area contributed by atoms with E-state index in [9.17, 15) is 18.8 Å². The van der Waals surface area contributed by atoms with E-state index in [0.717, 1.165) is 4.90 Å². The lowest BCUT2D eigenvalue weighted by atomic mass is 10.1. The van der Waals surface area contributed by atoms with E-state index in [1.165, 1.54) is 29.2 Å². The molecule has 3 aromatic rings. The molecule has 1 aromatic heterocycles. The van der Waals surface area contributed by atoms with Gasteiger partial charge in [0.2, 0.25) is 5.91 Å². The fourth-order valence-corrected chi connectivity index (χ4v) is 3.57. The van der Waals surface area contributed by atoms with E-state index in [1.807, 2.05) is 0 Å². The molecule has 2 heterocycles. The van der Waals surface area contributed by atoms with Gasteiger partial charge in [0.25, 0.3) is 5.91 Å². The van der Waals surface area contributed by atoms with Gasteiger partial charge in [-0.1, -0.05) is 6.07 Å². The lowest BCUT2D eigenvalue weighted by Gasteiger charge is -2.21. The van der Waals surface area contributed by atoms with Gasteiger partial charge < -0.3 is 15.0 Å². The third-order valence-corrected chi connectivity index (χ3v) is 5.21. The molecule has 9 heteroatoms. The lowest BCUT2D eigenvalue weighted by molar-refractivity contribution is -0.124. The molecule has 1 N–H and O–H groups in total. The van der Waals surface area contributed by atoms with Gasteiger partial charge in [0.05, 0.1) is 31.5 Å². The van der Waals surface area contributed by atoms with E-state index < -0.39 is 29.7 Å². The number of urea groups is 1. The Kier molecular flexibility index (Phi) is 6.30. The van der Waals surface area contributed by atoms with Crippen molar-refractivity contribution in [1.82, 2.24) is 9.88 Å². The number of benzene rings is 2. The Balaban J connectivity index is 1.57. The number of hydrogen-bond acceptors (Lipinski definition) is 5. The highest BCUT2D eigenvalue weighted by atomic mass is 19.1. The zero-order valence-corrected chi connectivity index (χ0v) is 17.8. The van der Waals surface area contributed by atoms with E-state index in [0.29, 0.717) is 17.1 Å². The molecule has 1 unspecified atom stereocenters. The van der Waals surface area contributed by atoms with Gasteiger partial charge in [-0.05, 0) is 60.7 Å². The molecule has 0 spiro atoms. The molecular formula is C24H21FN4O4. The minimum absolute atomic E-state index is 0.0452. The first kappa shape index (κ1) is 21.9. The van der Waals surface area contributed by atoms with E-state index in [1.54, 1.807) is 55.8 Å². The maximum absolute atomic E-state index is 13.4. The van der Waals surface area contributed by atoms with Gasteiger partial charge in [-0.2, -0.15) is 0 Å². The van der Waals surface area contributed by atoms with Crippen molar-refractivity contribution in [1.29, 1.82) is 0 Å². The van der Waals surface area contributed by atoms with Gasteiger partial charge in [-0.3, -0.25) is 14.6 Å². The number of amides is 4. The van der Waals surface area contributed by atoms with Gasteiger partial charge in [-0.25, -0.2) is 14.1 Å². The molecule has 4 amide bonds. The van der Waals surface area contributed by atoms with Crippen LogP contribution in [-0.4, -0.2) is 40.9 Å². The van der Waals surface area contributed by atoms with Crippen LogP contribution in [0.4, 0.5) is 20.6 Å². The van der Waals surface area contributed by atoms with E-state index >= 15 is 0 Å². The Morgan fingerprint density at radius 2 is 1.79 bits per heavy atom. The van der Waals surface area contributed by atoms with Crippen molar-refractivity contribution >= 4 is 29.2 Å². The number of pyridine rings is 1. The SMILES string of the molecule is COc1ccc(NC(=O)CC2C(=O)N(c3ccc(F)cc3)C(=O)N2Cc2ccccn2)cc1. The van der Waals surface area contributed by atoms with Gasteiger partial charge in [0.15, 0.2) is 0 Å². The maximum Gasteiger partial charge on any atom is 0.332 e. The number of nitrogens with one attached hydrogen (secondary N) is 1. The van der Waals surface area contributed by atoms with Crippen LogP contribution in [-0.2, 0) is 16.1 Å². The number of imide groups is 1. The van der Waals surface area contributed by atoms with Crippen LogP contribution < -0.4 is 15.0 Å². The Labute approximate surface area is 189 Å². The third-order valence-electron chi connectivity index (χ3n) is 5.21. The highest BCUT2D eigenvalue weighted by molar-refractivity contribution is 6.22. The number of anilines is 2. The Bertz CT molecular complexity index is 1150. The standard InChI is InChI=1S/C24H21FN4O4/c1-33-20-11-7-17(8-12-20)27-22(30)14-21-23(31)29(19-9-5-16(25)6-10-19)24(32)28(21)15-18-4-2-3-13-26-18/h2-13,21H,14-15H2,1H3,(H,27,30). The van der Waals surface area contributed by atoms with E-state index in [-0.39, 0.29) is 18.7 Å². The second-order valence-corrected chi connectivity index (χ2v) is 7.38. The summed E-state index contributed by atoms with van der Waals surface area (Å²) in [7, 11) is 1.54. The summed E-state index contributed by atoms with van der Waals surface area (Å²) >= 11 is 0. The topological polar surface area (TPSA) is 91.8 Å². The predicted molar refractivity (Wildman–Crippen MR) is 119 cm³/mol. The van der Waals surface area contributed by atoms with Crippen molar-refractivity contribution in [3.05, 3.63) is 84.4 Å². The zero-order chi connectivity index (χ0) is 23.4. The fraction of sp³-hybridized carbons (Fsp3) is 0.167. The molecule has 4 rings (SSSR count). The summed E-state index contributed by atoms with van der Waals surface area (Å²) in [5.74, 6) is -0.842. The highest BCUT2D eigenvalue weighted by Gasteiger charge is 2.46. The molecule has 1 aliphatic heterocycles. The molecule has 0 bridgehead atoms. The quantitative estimate of drug-likeness (QED) is 0.558. The number of nitrogens with zero attached hydrogens (tertiary/aromatic N) is 3. The molecule has 33 heavy (non-hydrogen) atoms. The number of carbonyl (C=O) groups excluding carboxylic acids is 3. The smallest absolute Gasteiger partial charge is 0.332 e. The average molecular weight is 448 g/mol. The second-order valence-electron chi connectivity index (χ2n) is 7.38. The van der Waals surface area contributed by atoms with Crippen molar-refractivity contribution in [3.8, 4) is 5.75 Å². The molecule has 168 valence electrons. The Hall–Kier alpha value is -4.27. The summed E-state index contributed by atoms with van der Waals surface area (Å²) < 4.78 is 18.5. The summed E-state index contributed by atoms with van der Waals surface area (Å²) in [4.78, 5) is 45.7. The van der Waals surface area contributed by atoms with Gasteiger partial charge in [0, 0.05) is 11.9 Å². The first-order valence-electron chi connectivity index (χ1n) is 10.2. The molecule has 0 radical (unpaired) electrons. The zero-order valence-electron chi connectivity index (χ0n) is 17.8. The van der Waals surface area contributed by atoms with Crippen molar-refractivity contribution in [2.24, 2.45) is 0 Å². The molecule has 8 nitrogen and oxygen atoms in total. The highest BCUT2D eigenvalue weighted by Crippen LogP contribution is 2.28. The summed E-state index contributed by atoms with van der Waals surface area (Å²) in [6.07, 6.45) is 1.34. The Morgan fingerprint density at radius 1 is 1.06 bits per heavy atom. The van der Waals surface area contributed by atoms with Gasteiger partial charge >= 0.3 is 6.03 Å². The molecule has 1 aliphatic rings. The van der Waals surface area contributed by atoms with Crippen LogP contribution in [0.5, 0.6) is 5.75 Å². The first-order valence-corrected chi connectivity index (χ1v) is 10.2. The maximum atomic E-state index is 13.4. The molecule has 0 saturated carbocycles. The molecule has 1 fully saturated rings. The largest absolute Gasteiger partial charge is 0.497 e. The van der Waals surface area contributed by atoms with Crippen LogP contribution in [0.3, 0.4) is 0 Å². The van der Waals surface area contributed by atoms with Crippen LogP contribution in [0.25, 0.3) is 0 Å². The number of halogens is 1. The Morgan fingerprint density at radius 3 is 2.42 bits per heavy atom. The summed E-state index contributed by atoms with van der Waals surface area (Å²) in [6.45, 7) is 0.0452. The fourth-order valence-electron chi connectivity index (χ4n) is 3.57. The molecule has 2 aromatic carbocycles. The summed E-state index contributed by atoms with van der Waals surface area (Å²) in [5.41, 5.74) is 1.33. The number of methoxy groups -OCH3 is 1. The third kappa shape index (κ3) is 4.82. The molecular weight excluding hydrogens is 427 g/mol. The van der Waals surface area contributed by atoms with Crippen molar-refractivity contribution in [2.45, 2.75) is 19.0 Å². The van der Waals surface area contributed by atoms with Crippen LogP contribution in [0, 0.1) is 5.82 Å². The van der Waals surface area contributed by atoms with Gasteiger partial charge in [0.1, 0.15) is 17.6 Å². The second kappa shape index (κ2) is 9.47. The first-order chi connectivity index (χ1) is 16.0. The number of ether oxygens (including phenoxy) is 1. The van der Waals surface area contributed by atoms with Crippen LogP contribution in [0.15, 0.2) is 72.9 Å². The summed E-state index contributed by atoms with van der Waals surface area (Å²) in [6, 6.07) is 15.4. The number of aromatic nitrogens is 1. The lowest BCUT2D eigenvalue weighted by Crippen LogP contribution is -2.37. The average Bonchev–Trinajstić information content (AvgIpc) is 3.05. The van der Waals surface area contributed by atoms with Crippen LogP contribution in [0.1, 0.15) is 12.1 Å². The van der Waals surface area contributed by atoms with E-state index in [4.69, 9.17) is 4.74 Å². The van der Waals surface area contributed by atoms with Crippen molar-refractivity contribution in [3.63, 3.8) is 0 Å². The van der Waals surface area contributed by atoms with Crippen molar-refractivity contribution < 1.29 is 23.5 Å². The minimum atomic E-state index is -1.04. The van der Waals surface area contributed by atoms with Crippen molar-refractivity contribution in [2.75, 3.05) is 17.3 Å². The minimum Gasteiger partial charge on any atom is -0.497 e.